The number of nitrogens with one attached hydrogen (secondary N) is 2. The first-order valence-corrected chi connectivity index (χ1v) is 7.79. The van der Waals surface area contributed by atoms with Crippen LogP contribution in [0, 0.1) is 0 Å². The van der Waals surface area contributed by atoms with Crippen LogP contribution in [0.2, 0.25) is 0 Å². The molecular formula is C17H25N5O2. The third-order valence-electron chi connectivity index (χ3n) is 3.75. The maximum Gasteiger partial charge on any atom is 0.193 e. The van der Waals surface area contributed by atoms with Crippen molar-refractivity contribution in [3.05, 3.63) is 41.7 Å². The summed E-state index contributed by atoms with van der Waals surface area (Å²) in [5.41, 5.74) is 2.20. The van der Waals surface area contributed by atoms with Crippen molar-refractivity contribution >= 4 is 5.96 Å². The minimum absolute atomic E-state index is 0.660. The molecule has 0 aliphatic heterocycles. The summed E-state index contributed by atoms with van der Waals surface area (Å²) < 4.78 is 10.6. The second-order valence-electron chi connectivity index (χ2n) is 5.34. The molecule has 0 aliphatic rings. The van der Waals surface area contributed by atoms with Gasteiger partial charge < -0.3 is 19.7 Å². The Morgan fingerprint density at radius 1 is 1.25 bits per heavy atom. The third kappa shape index (κ3) is 4.65. The number of methoxy groups -OCH3 is 2. The Balaban J connectivity index is 1.89. The van der Waals surface area contributed by atoms with Crippen LogP contribution in [0.4, 0.5) is 0 Å². The van der Waals surface area contributed by atoms with Crippen LogP contribution in [-0.4, -0.2) is 55.9 Å². The molecular weight excluding hydrogens is 306 g/mol. The summed E-state index contributed by atoms with van der Waals surface area (Å²) in [6.07, 6.45) is 2.61. The SMILES string of the molecule is CN=C(NCc1ccn[nH]1)N(C)CCc1ccc(OC)c(OC)c1. The van der Waals surface area contributed by atoms with Gasteiger partial charge in [-0.1, -0.05) is 6.07 Å². The van der Waals surface area contributed by atoms with Gasteiger partial charge in [0.1, 0.15) is 0 Å². The highest BCUT2D eigenvalue weighted by Gasteiger charge is 2.08. The average molecular weight is 331 g/mol. The zero-order valence-corrected chi connectivity index (χ0v) is 14.7. The molecule has 24 heavy (non-hydrogen) atoms. The van der Waals surface area contributed by atoms with E-state index in [2.05, 4.69) is 31.5 Å². The Morgan fingerprint density at radius 2 is 2.04 bits per heavy atom. The van der Waals surface area contributed by atoms with Gasteiger partial charge in [-0.25, -0.2) is 0 Å². The lowest BCUT2D eigenvalue weighted by Gasteiger charge is -2.22. The van der Waals surface area contributed by atoms with Gasteiger partial charge in [-0.15, -0.1) is 0 Å². The number of rotatable bonds is 7. The molecule has 2 rings (SSSR count). The van der Waals surface area contributed by atoms with Crippen molar-refractivity contribution in [1.82, 2.24) is 20.4 Å². The summed E-state index contributed by atoms with van der Waals surface area (Å²) in [6, 6.07) is 7.92. The smallest absolute Gasteiger partial charge is 0.193 e. The Hall–Kier alpha value is -2.70. The van der Waals surface area contributed by atoms with Crippen LogP contribution in [0.25, 0.3) is 0 Å². The minimum atomic E-state index is 0.660. The minimum Gasteiger partial charge on any atom is -0.493 e. The van der Waals surface area contributed by atoms with E-state index in [1.165, 1.54) is 5.56 Å². The molecule has 0 saturated carbocycles. The summed E-state index contributed by atoms with van der Waals surface area (Å²) in [7, 11) is 7.08. The van der Waals surface area contributed by atoms with Gasteiger partial charge in [-0.2, -0.15) is 5.10 Å². The van der Waals surface area contributed by atoms with Crippen LogP contribution in [-0.2, 0) is 13.0 Å². The van der Waals surface area contributed by atoms with E-state index in [4.69, 9.17) is 9.47 Å². The Bertz CT molecular complexity index is 655. The van der Waals surface area contributed by atoms with Gasteiger partial charge in [0.05, 0.1) is 26.5 Å². The molecule has 0 amide bonds. The van der Waals surface area contributed by atoms with Crippen LogP contribution in [0.15, 0.2) is 35.5 Å². The molecule has 0 aliphatic carbocycles. The molecule has 0 bridgehead atoms. The van der Waals surface area contributed by atoms with Gasteiger partial charge in [-0.3, -0.25) is 10.1 Å². The van der Waals surface area contributed by atoms with Gasteiger partial charge >= 0.3 is 0 Å². The lowest BCUT2D eigenvalue weighted by Crippen LogP contribution is -2.39. The van der Waals surface area contributed by atoms with E-state index in [1.807, 2.05) is 25.2 Å². The van der Waals surface area contributed by atoms with Crippen LogP contribution < -0.4 is 14.8 Å². The van der Waals surface area contributed by atoms with Gasteiger partial charge in [-0.05, 0) is 30.2 Å². The standard InChI is InChI=1S/C17H25N5O2/c1-18-17(19-12-14-7-9-20-21-14)22(2)10-8-13-5-6-15(23-3)16(11-13)24-4/h5-7,9,11H,8,10,12H2,1-4H3,(H,18,19)(H,20,21). The van der Waals surface area contributed by atoms with Gasteiger partial charge in [0.15, 0.2) is 17.5 Å². The fraction of sp³-hybridized carbons (Fsp3) is 0.412. The molecule has 2 N–H and O–H groups in total. The van der Waals surface area contributed by atoms with Gasteiger partial charge in [0.25, 0.3) is 0 Å². The van der Waals surface area contributed by atoms with Crippen LogP contribution in [0.1, 0.15) is 11.3 Å². The van der Waals surface area contributed by atoms with Crippen LogP contribution in [0.3, 0.4) is 0 Å². The van der Waals surface area contributed by atoms with Crippen molar-refractivity contribution in [2.75, 3.05) is 34.9 Å². The molecule has 0 saturated heterocycles. The van der Waals surface area contributed by atoms with E-state index in [1.54, 1.807) is 27.5 Å². The van der Waals surface area contributed by atoms with E-state index in [0.29, 0.717) is 6.54 Å². The van der Waals surface area contributed by atoms with Crippen molar-refractivity contribution in [3.63, 3.8) is 0 Å². The highest BCUT2D eigenvalue weighted by atomic mass is 16.5. The second-order valence-corrected chi connectivity index (χ2v) is 5.34. The number of aromatic amines is 1. The zero-order valence-electron chi connectivity index (χ0n) is 14.7. The average Bonchev–Trinajstić information content (AvgIpc) is 3.13. The number of hydrogen-bond donors (Lipinski definition) is 2. The van der Waals surface area contributed by atoms with Crippen LogP contribution in [0.5, 0.6) is 11.5 Å². The summed E-state index contributed by atoms with van der Waals surface area (Å²) >= 11 is 0. The second kappa shape index (κ2) is 8.81. The molecule has 7 heteroatoms. The number of guanidine groups is 1. The number of benzene rings is 1. The predicted octanol–water partition coefficient (Wildman–Crippen LogP) is 1.68. The number of ether oxygens (including phenoxy) is 2. The van der Waals surface area contributed by atoms with E-state index >= 15 is 0 Å². The summed E-state index contributed by atoms with van der Waals surface area (Å²) in [5, 5.41) is 10.2. The molecule has 0 atom stereocenters. The summed E-state index contributed by atoms with van der Waals surface area (Å²) in [5.74, 6) is 2.33. The predicted molar refractivity (Wildman–Crippen MR) is 94.7 cm³/mol. The third-order valence-corrected chi connectivity index (χ3v) is 3.75. The fourth-order valence-corrected chi connectivity index (χ4v) is 2.38. The zero-order chi connectivity index (χ0) is 17.4. The lowest BCUT2D eigenvalue weighted by molar-refractivity contribution is 0.354. The Kier molecular flexibility index (Phi) is 6.48. The monoisotopic (exact) mass is 331 g/mol. The topological polar surface area (TPSA) is 74.8 Å². The number of aliphatic imine (C=N–C) groups is 1. The normalized spacial score (nSPS) is 11.2. The number of nitrogens with zero attached hydrogens (tertiary/aromatic N) is 3. The van der Waals surface area contributed by atoms with Crippen molar-refractivity contribution in [1.29, 1.82) is 0 Å². The van der Waals surface area contributed by atoms with Crippen molar-refractivity contribution in [2.24, 2.45) is 4.99 Å². The van der Waals surface area contributed by atoms with E-state index in [9.17, 15) is 0 Å². The quantitative estimate of drug-likeness (QED) is 0.596. The Labute approximate surface area is 142 Å². The highest BCUT2D eigenvalue weighted by molar-refractivity contribution is 5.79. The molecule has 0 fully saturated rings. The lowest BCUT2D eigenvalue weighted by atomic mass is 10.1. The molecule has 2 aromatic rings. The number of hydrogen-bond acceptors (Lipinski definition) is 4. The number of likely N-dealkylation sites (N-methyl/N-ethyl adjacent to an activating group) is 1. The molecule has 0 unspecified atom stereocenters. The van der Waals surface area contributed by atoms with Crippen molar-refractivity contribution in [3.8, 4) is 11.5 Å². The van der Waals surface area contributed by atoms with Crippen molar-refractivity contribution < 1.29 is 9.47 Å². The highest BCUT2D eigenvalue weighted by Crippen LogP contribution is 2.27. The largest absolute Gasteiger partial charge is 0.493 e. The van der Waals surface area contributed by atoms with E-state index < -0.39 is 0 Å². The Morgan fingerprint density at radius 3 is 2.67 bits per heavy atom. The first-order valence-electron chi connectivity index (χ1n) is 7.79. The maximum atomic E-state index is 5.35. The van der Waals surface area contributed by atoms with E-state index in [-0.39, 0.29) is 0 Å². The maximum absolute atomic E-state index is 5.35. The number of H-pyrrole nitrogens is 1. The van der Waals surface area contributed by atoms with Crippen molar-refractivity contribution in [2.45, 2.75) is 13.0 Å². The van der Waals surface area contributed by atoms with Crippen LogP contribution >= 0.6 is 0 Å². The molecule has 1 heterocycles. The summed E-state index contributed by atoms with van der Waals surface area (Å²) in [4.78, 5) is 6.40. The molecule has 1 aromatic carbocycles. The summed E-state index contributed by atoms with van der Waals surface area (Å²) in [6.45, 7) is 1.49. The molecule has 0 spiro atoms. The molecule has 7 nitrogen and oxygen atoms in total. The van der Waals surface area contributed by atoms with Gasteiger partial charge in [0, 0.05) is 26.8 Å². The molecule has 130 valence electrons. The fourth-order valence-electron chi connectivity index (χ4n) is 2.38. The van der Waals surface area contributed by atoms with Gasteiger partial charge in [0.2, 0.25) is 0 Å². The first-order chi connectivity index (χ1) is 11.7. The first kappa shape index (κ1) is 17.7. The van der Waals surface area contributed by atoms with E-state index in [0.717, 1.165) is 36.1 Å². The number of aromatic nitrogens is 2. The molecule has 0 radical (unpaired) electrons. The molecule has 1 aromatic heterocycles.